The highest BCUT2D eigenvalue weighted by atomic mass is 35.5. The summed E-state index contributed by atoms with van der Waals surface area (Å²) in [5, 5.41) is 10.3. The van der Waals surface area contributed by atoms with Crippen LogP contribution in [0.4, 0.5) is 0 Å². The molecular formula is C21H23ClN4O2S. The van der Waals surface area contributed by atoms with Crippen molar-refractivity contribution < 1.29 is 4.79 Å². The average molecular weight is 431 g/mol. The van der Waals surface area contributed by atoms with Crippen LogP contribution in [-0.2, 0) is 17.6 Å². The van der Waals surface area contributed by atoms with E-state index in [-0.39, 0.29) is 11.6 Å². The summed E-state index contributed by atoms with van der Waals surface area (Å²) in [5.74, 6) is 1.38. The molecule has 1 aromatic carbocycles. The number of rotatable bonds is 6. The van der Waals surface area contributed by atoms with E-state index in [0.29, 0.717) is 23.8 Å². The van der Waals surface area contributed by atoms with Crippen molar-refractivity contribution in [2.75, 3.05) is 13.1 Å². The van der Waals surface area contributed by atoms with Crippen molar-refractivity contribution in [3.63, 3.8) is 0 Å². The molecule has 1 aliphatic rings. The minimum atomic E-state index is -0.198. The van der Waals surface area contributed by atoms with Gasteiger partial charge >= 0.3 is 5.69 Å². The third-order valence-corrected chi connectivity index (χ3v) is 6.51. The van der Waals surface area contributed by atoms with Gasteiger partial charge in [0.2, 0.25) is 5.91 Å². The van der Waals surface area contributed by atoms with Crippen molar-refractivity contribution in [3.05, 3.63) is 68.7 Å². The summed E-state index contributed by atoms with van der Waals surface area (Å²) in [7, 11) is 0. The highest BCUT2D eigenvalue weighted by Crippen LogP contribution is 2.23. The Morgan fingerprint density at radius 1 is 1.24 bits per heavy atom. The number of hydrogen-bond donors (Lipinski definition) is 1. The molecule has 1 N–H and O–H groups in total. The smallest absolute Gasteiger partial charge is 0.343 e. The largest absolute Gasteiger partial charge is 0.348 e. The number of halogens is 1. The summed E-state index contributed by atoms with van der Waals surface area (Å²) in [4.78, 5) is 26.6. The number of nitrogens with zero attached hydrogens (tertiary/aromatic N) is 3. The molecule has 0 atom stereocenters. The first-order valence-electron chi connectivity index (χ1n) is 9.82. The lowest BCUT2D eigenvalue weighted by molar-refractivity contribution is -0.132. The van der Waals surface area contributed by atoms with Crippen LogP contribution in [0.1, 0.15) is 30.7 Å². The van der Waals surface area contributed by atoms with Gasteiger partial charge in [0.15, 0.2) is 0 Å². The van der Waals surface area contributed by atoms with Crippen molar-refractivity contribution in [3.8, 4) is 5.00 Å². The molecule has 0 aliphatic carbocycles. The minimum absolute atomic E-state index is 0.193. The number of H-pyrrole nitrogens is 1. The van der Waals surface area contributed by atoms with E-state index in [2.05, 4.69) is 10.2 Å². The van der Waals surface area contributed by atoms with Gasteiger partial charge in [0.25, 0.3) is 0 Å². The van der Waals surface area contributed by atoms with Crippen LogP contribution in [0.3, 0.4) is 0 Å². The number of amides is 1. The first kappa shape index (κ1) is 19.9. The molecule has 1 fully saturated rings. The van der Waals surface area contributed by atoms with Crippen LogP contribution >= 0.6 is 22.9 Å². The Balaban J connectivity index is 1.30. The summed E-state index contributed by atoms with van der Waals surface area (Å²) >= 11 is 7.53. The second-order valence-corrected chi connectivity index (χ2v) is 8.75. The predicted molar refractivity (Wildman–Crippen MR) is 115 cm³/mol. The lowest BCUT2D eigenvalue weighted by Crippen LogP contribution is -2.39. The summed E-state index contributed by atoms with van der Waals surface area (Å²) in [5.41, 5.74) is 0.891. The van der Waals surface area contributed by atoms with Gasteiger partial charge in [-0.3, -0.25) is 4.79 Å². The molecule has 3 heterocycles. The number of carbonyl (C=O) groups is 1. The van der Waals surface area contributed by atoms with E-state index in [1.807, 2.05) is 46.7 Å². The van der Waals surface area contributed by atoms with Gasteiger partial charge in [-0.15, -0.1) is 11.3 Å². The van der Waals surface area contributed by atoms with Crippen LogP contribution in [0.2, 0.25) is 5.02 Å². The lowest BCUT2D eigenvalue weighted by atomic mass is 9.93. The summed E-state index contributed by atoms with van der Waals surface area (Å²) in [6.07, 6.45) is 3.80. The van der Waals surface area contributed by atoms with E-state index in [9.17, 15) is 9.59 Å². The van der Waals surface area contributed by atoms with Gasteiger partial charge in [-0.05, 0) is 60.4 Å². The van der Waals surface area contributed by atoms with Crippen LogP contribution in [0.15, 0.2) is 46.6 Å². The minimum Gasteiger partial charge on any atom is -0.343 e. The fraction of sp³-hybridized carbons (Fsp3) is 0.381. The SMILES string of the molecule is O=C(CCc1cccc(Cl)c1)N1CCC(Cc2n[nH]c(=O)n2-c2cccs2)CC1. The Hall–Kier alpha value is -2.38. The van der Waals surface area contributed by atoms with Crippen LogP contribution in [0.5, 0.6) is 0 Å². The van der Waals surface area contributed by atoms with Crippen LogP contribution in [0.25, 0.3) is 5.00 Å². The first-order valence-corrected chi connectivity index (χ1v) is 11.1. The molecule has 1 aliphatic heterocycles. The van der Waals surface area contributed by atoms with Crippen molar-refractivity contribution >= 4 is 28.8 Å². The molecule has 2 aromatic heterocycles. The fourth-order valence-electron chi connectivity index (χ4n) is 3.84. The number of aromatic amines is 1. The number of likely N-dealkylation sites (tertiary alicyclic amines) is 1. The quantitative estimate of drug-likeness (QED) is 0.648. The average Bonchev–Trinajstić information content (AvgIpc) is 3.36. The number of hydrogen-bond acceptors (Lipinski definition) is 4. The van der Waals surface area contributed by atoms with E-state index in [0.717, 1.165) is 48.7 Å². The van der Waals surface area contributed by atoms with E-state index >= 15 is 0 Å². The van der Waals surface area contributed by atoms with Crippen molar-refractivity contribution in [1.29, 1.82) is 0 Å². The van der Waals surface area contributed by atoms with E-state index in [1.54, 1.807) is 4.57 Å². The highest BCUT2D eigenvalue weighted by Gasteiger charge is 2.25. The summed E-state index contributed by atoms with van der Waals surface area (Å²) in [6.45, 7) is 1.51. The van der Waals surface area contributed by atoms with Gasteiger partial charge < -0.3 is 4.90 Å². The molecule has 3 aromatic rings. The van der Waals surface area contributed by atoms with Crippen LogP contribution in [-0.4, -0.2) is 38.7 Å². The van der Waals surface area contributed by atoms with Gasteiger partial charge in [0, 0.05) is 31.0 Å². The van der Waals surface area contributed by atoms with E-state index < -0.39 is 0 Å². The van der Waals surface area contributed by atoms with Crippen LogP contribution in [0, 0.1) is 5.92 Å². The van der Waals surface area contributed by atoms with Gasteiger partial charge in [0.1, 0.15) is 10.8 Å². The zero-order valence-electron chi connectivity index (χ0n) is 16.0. The number of aryl methyl sites for hydroxylation is 1. The molecule has 0 bridgehead atoms. The molecule has 0 unspecified atom stereocenters. The molecular weight excluding hydrogens is 408 g/mol. The number of thiophene rings is 1. The third kappa shape index (κ3) is 4.79. The van der Waals surface area contributed by atoms with Crippen molar-refractivity contribution in [2.45, 2.75) is 32.1 Å². The van der Waals surface area contributed by atoms with Crippen molar-refractivity contribution in [1.82, 2.24) is 19.7 Å². The standard InChI is InChI=1S/C21H23ClN4O2S/c22-17-4-1-3-15(13-17)6-7-19(27)25-10-8-16(9-11-25)14-18-23-24-21(28)26(18)20-5-2-12-29-20/h1-5,12-13,16H,6-11,14H2,(H,24,28). The number of benzene rings is 1. The van der Waals surface area contributed by atoms with Crippen LogP contribution < -0.4 is 5.69 Å². The number of piperidine rings is 1. The first-order chi connectivity index (χ1) is 14.1. The molecule has 0 saturated carbocycles. The Bertz CT molecular complexity index is 1020. The fourth-order valence-corrected chi connectivity index (χ4v) is 4.80. The zero-order valence-corrected chi connectivity index (χ0v) is 17.6. The Labute approximate surface area is 178 Å². The molecule has 6 nitrogen and oxygen atoms in total. The molecule has 29 heavy (non-hydrogen) atoms. The summed E-state index contributed by atoms with van der Waals surface area (Å²) < 4.78 is 1.66. The Kier molecular flexibility index (Phi) is 6.16. The summed E-state index contributed by atoms with van der Waals surface area (Å²) in [6, 6.07) is 11.5. The Morgan fingerprint density at radius 2 is 2.07 bits per heavy atom. The maximum absolute atomic E-state index is 12.6. The number of nitrogens with one attached hydrogen (secondary N) is 1. The van der Waals surface area contributed by atoms with Gasteiger partial charge in [0.05, 0.1) is 0 Å². The molecule has 4 rings (SSSR count). The number of aromatic nitrogens is 3. The lowest BCUT2D eigenvalue weighted by Gasteiger charge is -2.32. The van der Waals surface area contributed by atoms with E-state index in [4.69, 9.17) is 11.6 Å². The topological polar surface area (TPSA) is 71.0 Å². The Morgan fingerprint density at radius 3 is 2.79 bits per heavy atom. The monoisotopic (exact) mass is 430 g/mol. The predicted octanol–water partition coefficient (Wildman–Crippen LogP) is 3.69. The molecule has 1 amide bonds. The molecule has 0 spiro atoms. The second kappa shape index (κ2) is 8.97. The number of carbonyl (C=O) groups excluding carboxylic acids is 1. The molecule has 0 radical (unpaired) electrons. The maximum atomic E-state index is 12.6. The van der Waals surface area contributed by atoms with Gasteiger partial charge in [-0.1, -0.05) is 23.7 Å². The zero-order chi connectivity index (χ0) is 20.2. The van der Waals surface area contributed by atoms with Gasteiger partial charge in [-0.2, -0.15) is 5.10 Å². The van der Waals surface area contributed by atoms with E-state index in [1.165, 1.54) is 11.3 Å². The van der Waals surface area contributed by atoms with Gasteiger partial charge in [-0.25, -0.2) is 14.5 Å². The second-order valence-electron chi connectivity index (χ2n) is 7.39. The highest BCUT2D eigenvalue weighted by molar-refractivity contribution is 7.12. The third-order valence-electron chi connectivity index (χ3n) is 5.42. The normalized spacial score (nSPS) is 15.0. The molecule has 1 saturated heterocycles. The molecule has 152 valence electrons. The maximum Gasteiger partial charge on any atom is 0.348 e. The molecule has 8 heteroatoms. The van der Waals surface area contributed by atoms with Crippen molar-refractivity contribution in [2.24, 2.45) is 5.92 Å².